The summed E-state index contributed by atoms with van der Waals surface area (Å²) in [5.41, 5.74) is 1.07. The zero-order valence-electron chi connectivity index (χ0n) is 16.8. The van der Waals surface area contributed by atoms with Crippen molar-refractivity contribution in [3.05, 3.63) is 23.8 Å². The first-order valence-electron chi connectivity index (χ1n) is 9.75. The SMILES string of the molecule is CCOc1ccc(CCN(CC(C)C(=O)OC)C(=O)C2CC2)cc1OCC. The summed E-state index contributed by atoms with van der Waals surface area (Å²) in [6.07, 6.45) is 2.58. The smallest absolute Gasteiger partial charge is 0.310 e. The monoisotopic (exact) mass is 377 g/mol. The third kappa shape index (κ3) is 6.15. The number of amides is 1. The number of benzene rings is 1. The Balaban J connectivity index is 2.05. The molecule has 1 saturated carbocycles. The van der Waals surface area contributed by atoms with Crippen molar-refractivity contribution in [2.75, 3.05) is 33.4 Å². The van der Waals surface area contributed by atoms with Gasteiger partial charge in [-0.25, -0.2) is 0 Å². The van der Waals surface area contributed by atoms with Crippen LogP contribution in [0.15, 0.2) is 18.2 Å². The molecule has 1 atom stereocenters. The second kappa shape index (κ2) is 10.2. The number of esters is 1. The van der Waals surface area contributed by atoms with Gasteiger partial charge < -0.3 is 19.1 Å². The average molecular weight is 377 g/mol. The maximum atomic E-state index is 12.6. The maximum absolute atomic E-state index is 12.6. The first-order chi connectivity index (χ1) is 13.0. The fourth-order valence-electron chi connectivity index (χ4n) is 3.00. The highest BCUT2D eigenvalue weighted by molar-refractivity contribution is 5.82. The van der Waals surface area contributed by atoms with Gasteiger partial charge in [-0.3, -0.25) is 9.59 Å². The van der Waals surface area contributed by atoms with Crippen LogP contribution in [0.25, 0.3) is 0 Å². The van der Waals surface area contributed by atoms with Gasteiger partial charge in [0.05, 0.1) is 26.2 Å². The Morgan fingerprint density at radius 2 is 1.81 bits per heavy atom. The molecule has 1 aliphatic carbocycles. The quantitative estimate of drug-likeness (QED) is 0.555. The summed E-state index contributed by atoms with van der Waals surface area (Å²) in [6.45, 7) is 7.76. The normalized spacial score (nSPS) is 14.4. The molecule has 0 aromatic heterocycles. The Kier molecular flexibility index (Phi) is 7.95. The van der Waals surface area contributed by atoms with Crippen molar-refractivity contribution >= 4 is 11.9 Å². The van der Waals surface area contributed by atoms with Crippen molar-refractivity contribution in [1.82, 2.24) is 4.90 Å². The molecule has 0 radical (unpaired) electrons. The van der Waals surface area contributed by atoms with E-state index in [0.717, 1.165) is 29.9 Å². The molecular weight excluding hydrogens is 346 g/mol. The minimum atomic E-state index is -0.336. The Morgan fingerprint density at radius 3 is 2.41 bits per heavy atom. The van der Waals surface area contributed by atoms with Crippen molar-refractivity contribution < 1.29 is 23.8 Å². The summed E-state index contributed by atoms with van der Waals surface area (Å²) in [5, 5.41) is 0. The standard InChI is InChI=1S/C21H31NO5/c1-5-26-18-10-7-16(13-19(18)27-6-2)11-12-22(20(23)17-8-9-17)14-15(3)21(24)25-4/h7,10,13,15,17H,5-6,8-9,11-12,14H2,1-4H3. The van der Waals surface area contributed by atoms with E-state index in [0.29, 0.717) is 32.7 Å². The van der Waals surface area contributed by atoms with Gasteiger partial charge in [0.2, 0.25) is 5.91 Å². The molecule has 1 aromatic rings. The number of hydrogen-bond donors (Lipinski definition) is 0. The molecule has 27 heavy (non-hydrogen) atoms. The molecule has 1 fully saturated rings. The molecule has 0 spiro atoms. The van der Waals surface area contributed by atoms with Crippen LogP contribution in [0.3, 0.4) is 0 Å². The molecule has 0 aliphatic heterocycles. The van der Waals surface area contributed by atoms with Crippen LogP contribution < -0.4 is 9.47 Å². The van der Waals surface area contributed by atoms with E-state index >= 15 is 0 Å². The predicted octanol–water partition coefficient (Wildman–Crippen LogP) is 3.07. The second-order valence-electron chi connectivity index (χ2n) is 6.88. The molecular formula is C21H31NO5. The molecule has 150 valence electrons. The number of rotatable bonds is 11. The zero-order valence-corrected chi connectivity index (χ0v) is 16.8. The van der Waals surface area contributed by atoms with Crippen LogP contribution in [0.5, 0.6) is 11.5 Å². The van der Waals surface area contributed by atoms with Crippen LogP contribution in [-0.4, -0.2) is 50.2 Å². The van der Waals surface area contributed by atoms with Crippen molar-refractivity contribution in [1.29, 1.82) is 0 Å². The lowest BCUT2D eigenvalue weighted by molar-refractivity contribution is -0.146. The van der Waals surface area contributed by atoms with Crippen LogP contribution in [0.2, 0.25) is 0 Å². The molecule has 1 aromatic carbocycles. The van der Waals surface area contributed by atoms with Crippen LogP contribution in [0, 0.1) is 11.8 Å². The summed E-state index contributed by atoms with van der Waals surface area (Å²) in [4.78, 5) is 26.2. The van der Waals surface area contributed by atoms with E-state index in [1.165, 1.54) is 7.11 Å². The van der Waals surface area contributed by atoms with Gasteiger partial charge in [0.15, 0.2) is 11.5 Å². The largest absolute Gasteiger partial charge is 0.490 e. The van der Waals surface area contributed by atoms with Crippen molar-refractivity contribution in [3.8, 4) is 11.5 Å². The van der Waals surface area contributed by atoms with E-state index in [-0.39, 0.29) is 23.7 Å². The molecule has 1 aliphatic rings. The van der Waals surface area contributed by atoms with E-state index in [4.69, 9.17) is 14.2 Å². The summed E-state index contributed by atoms with van der Waals surface area (Å²) in [7, 11) is 1.38. The maximum Gasteiger partial charge on any atom is 0.310 e. The third-order valence-corrected chi connectivity index (χ3v) is 4.61. The van der Waals surface area contributed by atoms with Gasteiger partial charge in [-0.1, -0.05) is 13.0 Å². The highest BCUT2D eigenvalue weighted by atomic mass is 16.5. The number of ether oxygens (including phenoxy) is 3. The van der Waals surface area contributed by atoms with Gasteiger partial charge in [0.25, 0.3) is 0 Å². The lowest BCUT2D eigenvalue weighted by Crippen LogP contribution is -2.39. The van der Waals surface area contributed by atoms with Crippen LogP contribution in [0.4, 0.5) is 0 Å². The van der Waals surface area contributed by atoms with Gasteiger partial charge in [-0.05, 0) is 50.8 Å². The topological polar surface area (TPSA) is 65.1 Å². The van der Waals surface area contributed by atoms with Crippen LogP contribution in [0.1, 0.15) is 39.2 Å². The summed E-state index contributed by atoms with van der Waals surface area (Å²) >= 11 is 0. The van der Waals surface area contributed by atoms with Crippen molar-refractivity contribution in [2.24, 2.45) is 11.8 Å². The van der Waals surface area contributed by atoms with Crippen LogP contribution >= 0.6 is 0 Å². The first kappa shape index (κ1) is 21.1. The van der Waals surface area contributed by atoms with Gasteiger partial charge in [-0.15, -0.1) is 0 Å². The molecule has 0 saturated heterocycles. The molecule has 6 nitrogen and oxygen atoms in total. The fourth-order valence-corrected chi connectivity index (χ4v) is 3.00. The molecule has 2 rings (SSSR count). The first-order valence-corrected chi connectivity index (χ1v) is 9.75. The average Bonchev–Trinajstić information content (AvgIpc) is 3.51. The van der Waals surface area contributed by atoms with Gasteiger partial charge in [0, 0.05) is 19.0 Å². The predicted molar refractivity (Wildman–Crippen MR) is 103 cm³/mol. The minimum absolute atomic E-state index is 0.120. The Hall–Kier alpha value is -2.24. The summed E-state index contributed by atoms with van der Waals surface area (Å²) in [5.74, 6) is 1.09. The van der Waals surface area contributed by atoms with Gasteiger partial charge in [0.1, 0.15) is 0 Å². The molecule has 0 bridgehead atoms. The minimum Gasteiger partial charge on any atom is -0.490 e. The third-order valence-electron chi connectivity index (χ3n) is 4.61. The molecule has 0 N–H and O–H groups in total. The van der Waals surface area contributed by atoms with E-state index in [1.54, 1.807) is 11.8 Å². The molecule has 0 heterocycles. The fraction of sp³-hybridized carbons (Fsp3) is 0.619. The highest BCUT2D eigenvalue weighted by Gasteiger charge is 2.34. The number of methoxy groups -OCH3 is 1. The lowest BCUT2D eigenvalue weighted by Gasteiger charge is -2.25. The highest BCUT2D eigenvalue weighted by Crippen LogP contribution is 2.32. The van der Waals surface area contributed by atoms with E-state index in [9.17, 15) is 9.59 Å². The Morgan fingerprint density at radius 1 is 1.15 bits per heavy atom. The Labute approximate surface area is 161 Å². The number of carbonyl (C=O) groups is 2. The zero-order chi connectivity index (χ0) is 19.8. The number of hydrogen-bond acceptors (Lipinski definition) is 5. The molecule has 6 heteroatoms. The number of carbonyl (C=O) groups excluding carboxylic acids is 2. The van der Waals surface area contributed by atoms with Gasteiger partial charge >= 0.3 is 5.97 Å². The lowest BCUT2D eigenvalue weighted by atomic mass is 10.1. The molecule has 1 amide bonds. The summed E-state index contributed by atoms with van der Waals surface area (Å²) < 4.78 is 16.1. The van der Waals surface area contributed by atoms with E-state index < -0.39 is 0 Å². The molecule has 1 unspecified atom stereocenters. The van der Waals surface area contributed by atoms with Crippen molar-refractivity contribution in [3.63, 3.8) is 0 Å². The van der Waals surface area contributed by atoms with Crippen molar-refractivity contribution in [2.45, 2.75) is 40.0 Å². The second-order valence-corrected chi connectivity index (χ2v) is 6.88. The van der Waals surface area contributed by atoms with Crippen LogP contribution in [-0.2, 0) is 20.7 Å². The van der Waals surface area contributed by atoms with E-state index in [1.807, 2.05) is 32.0 Å². The van der Waals surface area contributed by atoms with E-state index in [2.05, 4.69) is 0 Å². The number of nitrogens with zero attached hydrogens (tertiary/aromatic N) is 1. The van der Waals surface area contributed by atoms with Gasteiger partial charge in [-0.2, -0.15) is 0 Å². The summed E-state index contributed by atoms with van der Waals surface area (Å²) in [6, 6.07) is 5.88. The Bertz CT molecular complexity index is 641.